The van der Waals surface area contributed by atoms with E-state index < -0.39 is 21.7 Å². The summed E-state index contributed by atoms with van der Waals surface area (Å²) in [5.41, 5.74) is 0. The monoisotopic (exact) mass is 273 g/mol. The van der Waals surface area contributed by atoms with Crippen LogP contribution in [0.1, 0.15) is 13.3 Å². The fourth-order valence-electron chi connectivity index (χ4n) is 0.888. The van der Waals surface area contributed by atoms with Gasteiger partial charge >= 0.3 is 0 Å². The summed E-state index contributed by atoms with van der Waals surface area (Å²) < 4.78 is 24.0. The van der Waals surface area contributed by atoms with Crippen LogP contribution in [0, 0.1) is 0 Å². The van der Waals surface area contributed by atoms with E-state index in [0.29, 0.717) is 13.1 Å². The Balaban J connectivity index is 0. The number of hydrogen-bond acceptors (Lipinski definition) is 4. The second-order valence-electron chi connectivity index (χ2n) is 3.06. The number of rotatable bonds is 8. The fraction of sp³-hybridized carbons (Fsp3) is 0.875. The first-order chi connectivity index (χ1) is 7.02. The van der Waals surface area contributed by atoms with Gasteiger partial charge < -0.3 is 10.6 Å². The van der Waals surface area contributed by atoms with E-state index in [2.05, 4.69) is 15.4 Å². The summed E-state index contributed by atoms with van der Waals surface area (Å²) in [6.07, 6.45) is 1.03. The largest absolute Gasteiger partial charge is 0.354 e. The Morgan fingerprint density at radius 2 is 1.81 bits per heavy atom. The zero-order valence-corrected chi connectivity index (χ0v) is 11.2. The maximum Gasteiger partial charge on any atom is 0.236 e. The van der Waals surface area contributed by atoms with Crippen LogP contribution in [-0.4, -0.2) is 46.8 Å². The lowest BCUT2D eigenvalue weighted by atomic mass is 10.4. The van der Waals surface area contributed by atoms with Gasteiger partial charge in [-0.3, -0.25) is 4.79 Å². The molecule has 6 nitrogen and oxygen atoms in total. The average molecular weight is 274 g/mol. The molecule has 0 rings (SSSR count). The Morgan fingerprint density at radius 3 is 2.31 bits per heavy atom. The molecule has 3 N–H and O–H groups in total. The number of amides is 1. The van der Waals surface area contributed by atoms with Crippen LogP contribution in [0.3, 0.4) is 0 Å². The highest BCUT2D eigenvalue weighted by molar-refractivity contribution is 7.90. The van der Waals surface area contributed by atoms with Crippen LogP contribution in [0.25, 0.3) is 0 Å². The number of hydrogen-bond donors (Lipinski definition) is 3. The lowest BCUT2D eigenvalue weighted by molar-refractivity contribution is -0.118. The Kier molecular flexibility index (Phi) is 11.1. The third kappa shape index (κ3) is 10.2. The van der Waals surface area contributed by atoms with Crippen molar-refractivity contribution >= 4 is 28.3 Å². The number of carbonyl (C=O) groups excluding carboxylic acids is 1. The SMILES string of the molecule is CCCNCCNC(=O)CS(=O)(=O)NC.Cl. The molecule has 0 unspecified atom stereocenters. The molecular formula is C8H20ClN3O3S. The molecule has 0 atom stereocenters. The van der Waals surface area contributed by atoms with Gasteiger partial charge in [0.05, 0.1) is 0 Å². The second-order valence-corrected chi connectivity index (χ2v) is 4.99. The van der Waals surface area contributed by atoms with E-state index in [1.54, 1.807) is 0 Å². The van der Waals surface area contributed by atoms with E-state index in [1.807, 2.05) is 6.92 Å². The second kappa shape index (κ2) is 9.83. The predicted molar refractivity (Wildman–Crippen MR) is 66.3 cm³/mol. The van der Waals surface area contributed by atoms with Gasteiger partial charge in [0, 0.05) is 13.1 Å². The molecule has 0 aliphatic rings. The van der Waals surface area contributed by atoms with E-state index in [1.165, 1.54) is 7.05 Å². The minimum atomic E-state index is -3.45. The molecular weight excluding hydrogens is 254 g/mol. The molecule has 0 spiro atoms. The van der Waals surface area contributed by atoms with Gasteiger partial charge in [-0.2, -0.15) is 0 Å². The summed E-state index contributed by atoms with van der Waals surface area (Å²) in [6.45, 7) is 4.03. The highest BCUT2D eigenvalue weighted by Gasteiger charge is 2.12. The molecule has 0 saturated carbocycles. The zero-order valence-electron chi connectivity index (χ0n) is 9.58. The molecule has 0 heterocycles. The molecule has 98 valence electrons. The molecule has 0 radical (unpaired) electrons. The number of carbonyl (C=O) groups is 1. The van der Waals surface area contributed by atoms with Crippen molar-refractivity contribution in [2.45, 2.75) is 13.3 Å². The topological polar surface area (TPSA) is 87.3 Å². The van der Waals surface area contributed by atoms with Crippen LogP contribution >= 0.6 is 12.4 Å². The minimum Gasteiger partial charge on any atom is -0.354 e. The van der Waals surface area contributed by atoms with Crippen molar-refractivity contribution in [1.29, 1.82) is 0 Å². The molecule has 8 heteroatoms. The zero-order chi connectivity index (χ0) is 11.7. The van der Waals surface area contributed by atoms with Gasteiger partial charge in [-0.1, -0.05) is 6.92 Å². The predicted octanol–water partition coefficient (Wildman–Crippen LogP) is -0.927. The van der Waals surface area contributed by atoms with Crippen molar-refractivity contribution in [3.8, 4) is 0 Å². The van der Waals surface area contributed by atoms with Gasteiger partial charge in [-0.15, -0.1) is 12.4 Å². The fourth-order valence-corrected chi connectivity index (χ4v) is 1.48. The van der Waals surface area contributed by atoms with Gasteiger partial charge in [0.2, 0.25) is 15.9 Å². The smallest absolute Gasteiger partial charge is 0.236 e. The first kappa shape index (κ1) is 18.0. The van der Waals surface area contributed by atoms with E-state index in [9.17, 15) is 13.2 Å². The third-order valence-corrected chi connectivity index (χ3v) is 2.95. The van der Waals surface area contributed by atoms with Crippen LogP contribution < -0.4 is 15.4 Å². The van der Waals surface area contributed by atoms with E-state index in [-0.39, 0.29) is 12.4 Å². The molecule has 16 heavy (non-hydrogen) atoms. The normalized spacial score (nSPS) is 10.6. The Labute approximate surface area is 103 Å². The lowest BCUT2D eigenvalue weighted by Gasteiger charge is -2.06. The van der Waals surface area contributed by atoms with Crippen LogP contribution in [-0.2, 0) is 14.8 Å². The number of sulfonamides is 1. The number of nitrogens with one attached hydrogen (secondary N) is 3. The van der Waals surface area contributed by atoms with Crippen molar-refractivity contribution in [3.05, 3.63) is 0 Å². The molecule has 0 aromatic heterocycles. The minimum absolute atomic E-state index is 0. The summed E-state index contributed by atoms with van der Waals surface area (Å²) in [6, 6.07) is 0. The quantitative estimate of drug-likeness (QED) is 0.499. The Hall–Kier alpha value is -0.370. The van der Waals surface area contributed by atoms with Crippen molar-refractivity contribution in [3.63, 3.8) is 0 Å². The summed E-state index contributed by atoms with van der Waals surface area (Å²) in [5, 5.41) is 5.60. The maximum atomic E-state index is 11.1. The molecule has 1 amide bonds. The van der Waals surface area contributed by atoms with Crippen LogP contribution in [0.4, 0.5) is 0 Å². The van der Waals surface area contributed by atoms with Gasteiger partial charge in [-0.05, 0) is 20.0 Å². The summed E-state index contributed by atoms with van der Waals surface area (Å²) in [4.78, 5) is 11.1. The number of halogens is 1. The molecule has 0 saturated heterocycles. The molecule has 0 fully saturated rings. The van der Waals surface area contributed by atoms with E-state index in [4.69, 9.17) is 0 Å². The van der Waals surface area contributed by atoms with E-state index >= 15 is 0 Å². The van der Waals surface area contributed by atoms with Crippen molar-refractivity contribution in [2.24, 2.45) is 0 Å². The summed E-state index contributed by atoms with van der Waals surface area (Å²) in [5.74, 6) is -1.00. The standard InChI is InChI=1S/C8H19N3O3S.ClH/c1-3-4-10-5-6-11-8(12)7-15(13,14)9-2;/h9-10H,3-7H2,1-2H3,(H,11,12);1H. The van der Waals surface area contributed by atoms with Crippen LogP contribution in [0.2, 0.25) is 0 Å². The first-order valence-corrected chi connectivity index (χ1v) is 6.55. The Morgan fingerprint density at radius 1 is 1.19 bits per heavy atom. The highest BCUT2D eigenvalue weighted by Crippen LogP contribution is 1.81. The first-order valence-electron chi connectivity index (χ1n) is 4.90. The molecule has 0 aromatic rings. The highest BCUT2D eigenvalue weighted by atomic mass is 35.5. The molecule has 0 aliphatic carbocycles. The Bertz CT molecular complexity index is 282. The van der Waals surface area contributed by atoms with Crippen LogP contribution in [0.5, 0.6) is 0 Å². The van der Waals surface area contributed by atoms with Gasteiger partial charge in [-0.25, -0.2) is 13.1 Å². The maximum absolute atomic E-state index is 11.1. The van der Waals surface area contributed by atoms with Gasteiger partial charge in [0.15, 0.2) is 0 Å². The van der Waals surface area contributed by atoms with Crippen molar-refractivity contribution in [1.82, 2.24) is 15.4 Å². The summed E-state index contributed by atoms with van der Waals surface area (Å²) in [7, 11) is -2.17. The average Bonchev–Trinajstić information content (AvgIpc) is 2.17. The summed E-state index contributed by atoms with van der Waals surface area (Å²) >= 11 is 0. The van der Waals surface area contributed by atoms with Gasteiger partial charge in [0.1, 0.15) is 5.75 Å². The van der Waals surface area contributed by atoms with Crippen molar-refractivity contribution in [2.75, 3.05) is 32.4 Å². The van der Waals surface area contributed by atoms with E-state index in [0.717, 1.165) is 13.0 Å². The molecule has 0 bridgehead atoms. The van der Waals surface area contributed by atoms with Crippen molar-refractivity contribution < 1.29 is 13.2 Å². The van der Waals surface area contributed by atoms with Crippen LogP contribution in [0.15, 0.2) is 0 Å². The lowest BCUT2D eigenvalue weighted by Crippen LogP contribution is -2.38. The van der Waals surface area contributed by atoms with Gasteiger partial charge in [0.25, 0.3) is 0 Å². The molecule has 0 aliphatic heterocycles. The molecule has 0 aromatic carbocycles. The third-order valence-electron chi connectivity index (χ3n) is 1.68.